The summed E-state index contributed by atoms with van der Waals surface area (Å²) < 4.78 is 85.6. The summed E-state index contributed by atoms with van der Waals surface area (Å²) in [5, 5.41) is 16.8. The van der Waals surface area contributed by atoms with Crippen LogP contribution in [0.25, 0.3) is 27.8 Å². The molecule has 0 bridgehead atoms. The molecule has 60 heavy (non-hydrogen) atoms. The van der Waals surface area contributed by atoms with Crippen LogP contribution in [0.4, 0.5) is 37.7 Å². The van der Waals surface area contributed by atoms with E-state index in [4.69, 9.17) is 16.3 Å². The molecule has 14 heteroatoms. The first-order valence-electron chi connectivity index (χ1n) is 20.0. The van der Waals surface area contributed by atoms with Crippen molar-refractivity contribution >= 4 is 56.6 Å². The number of pyridine rings is 1. The predicted molar refractivity (Wildman–Crippen MR) is 227 cm³/mol. The van der Waals surface area contributed by atoms with E-state index in [9.17, 15) is 36.2 Å². The number of nitrogens with zero attached hydrogens (tertiary/aromatic N) is 3. The lowest BCUT2D eigenvalue weighted by atomic mass is 9.89. The van der Waals surface area contributed by atoms with E-state index in [1.54, 1.807) is 13.2 Å². The Kier molecular flexibility index (Phi) is 13.7. The number of likely N-dealkylation sites (tertiary alicyclic amines) is 1. The number of piperidine rings is 1. The molecule has 7 nitrogen and oxygen atoms in total. The van der Waals surface area contributed by atoms with Crippen molar-refractivity contribution in [1.82, 2.24) is 9.88 Å². The smallest absolute Gasteiger partial charge is 0.433 e. The molecule has 1 amide bonds. The third-order valence-corrected chi connectivity index (χ3v) is 11.4. The minimum absolute atomic E-state index is 0.0378. The van der Waals surface area contributed by atoms with Crippen molar-refractivity contribution in [2.24, 2.45) is 0 Å². The highest BCUT2D eigenvalue weighted by Crippen LogP contribution is 2.45. The minimum atomic E-state index is -4.94. The molecule has 3 atom stereocenters. The first-order valence-corrected chi connectivity index (χ1v) is 20.5. The molecule has 0 aliphatic carbocycles. The Morgan fingerprint density at radius 2 is 1.62 bits per heavy atom. The van der Waals surface area contributed by atoms with Crippen molar-refractivity contribution in [2.45, 2.75) is 89.5 Å². The van der Waals surface area contributed by atoms with E-state index in [0.717, 1.165) is 57.9 Å². The molecule has 0 radical (unpaired) electrons. The second-order valence-corrected chi connectivity index (χ2v) is 16.1. The summed E-state index contributed by atoms with van der Waals surface area (Å²) in [6.07, 6.45) is -5.48. The van der Waals surface area contributed by atoms with Crippen LogP contribution in [0, 0.1) is 0 Å². The van der Waals surface area contributed by atoms with Gasteiger partial charge < -0.3 is 20.1 Å². The number of aromatic nitrogens is 1. The van der Waals surface area contributed by atoms with Crippen molar-refractivity contribution in [3.63, 3.8) is 0 Å². The van der Waals surface area contributed by atoms with Gasteiger partial charge in [0.25, 0.3) is 5.91 Å². The number of amides is 1. The SMILES string of the molecule is CC(C)N1CCCCC1[C@@H](O)c1cc(C(F)(F)F)nc2c(C(F)(F)F)cccc12.COc1ccc(/C=C/C(=O)N2CC(CCl)c3c2cc(NC(C)C)c2ccccc32)cc1. The molecule has 0 spiro atoms. The highest BCUT2D eigenvalue weighted by Gasteiger charge is 2.40. The number of alkyl halides is 7. The first kappa shape index (κ1) is 44.7. The molecule has 2 unspecified atom stereocenters. The monoisotopic (exact) mass is 854 g/mol. The van der Waals surface area contributed by atoms with Gasteiger partial charge in [-0.2, -0.15) is 26.3 Å². The Labute approximate surface area is 351 Å². The number of aliphatic hydroxyl groups is 1. The summed E-state index contributed by atoms with van der Waals surface area (Å²) >= 11 is 6.35. The van der Waals surface area contributed by atoms with E-state index in [-0.39, 0.29) is 34.9 Å². The lowest BCUT2D eigenvalue weighted by Gasteiger charge is -2.41. The Morgan fingerprint density at radius 3 is 2.23 bits per heavy atom. The predicted octanol–water partition coefficient (Wildman–Crippen LogP) is 11.6. The second kappa shape index (κ2) is 18.4. The van der Waals surface area contributed by atoms with Crippen LogP contribution in [0.2, 0.25) is 0 Å². The number of anilines is 2. The van der Waals surface area contributed by atoms with Crippen LogP contribution >= 0.6 is 11.6 Å². The topological polar surface area (TPSA) is 77.9 Å². The molecule has 320 valence electrons. The van der Waals surface area contributed by atoms with Crippen LogP contribution in [0.3, 0.4) is 0 Å². The number of carbonyl (C=O) groups is 1. The lowest BCUT2D eigenvalue weighted by Crippen LogP contribution is -2.47. The molecule has 3 heterocycles. The molecule has 2 aliphatic rings. The Bertz CT molecular complexity index is 2330. The highest BCUT2D eigenvalue weighted by atomic mass is 35.5. The van der Waals surface area contributed by atoms with Gasteiger partial charge in [-0.1, -0.05) is 55.0 Å². The van der Waals surface area contributed by atoms with Crippen LogP contribution in [0.1, 0.15) is 86.9 Å². The number of ether oxygens (including phenoxy) is 1. The molecule has 1 saturated heterocycles. The molecule has 0 saturated carbocycles. The molecule has 1 fully saturated rings. The van der Waals surface area contributed by atoms with E-state index in [1.807, 2.05) is 66.1 Å². The van der Waals surface area contributed by atoms with Crippen LogP contribution in [0.5, 0.6) is 5.75 Å². The molecule has 1 aromatic heterocycles. The Hall–Kier alpha value is -4.85. The van der Waals surface area contributed by atoms with Gasteiger partial charge in [-0.3, -0.25) is 9.69 Å². The van der Waals surface area contributed by atoms with Gasteiger partial charge in [0.05, 0.1) is 30.0 Å². The fourth-order valence-electron chi connectivity index (χ4n) is 8.24. The van der Waals surface area contributed by atoms with E-state index >= 15 is 0 Å². The molecular formula is C46H49ClF6N4O3. The number of halogens is 7. The van der Waals surface area contributed by atoms with Gasteiger partial charge in [0.15, 0.2) is 0 Å². The fraction of sp³-hybridized carbons (Fsp3) is 0.391. The van der Waals surface area contributed by atoms with Gasteiger partial charge in [0.2, 0.25) is 0 Å². The van der Waals surface area contributed by atoms with Crippen molar-refractivity contribution < 1.29 is 41.0 Å². The van der Waals surface area contributed by atoms with E-state index in [1.165, 1.54) is 6.07 Å². The molecular weight excluding hydrogens is 806 g/mol. The second-order valence-electron chi connectivity index (χ2n) is 15.7. The normalized spacial score (nSPS) is 17.9. The summed E-state index contributed by atoms with van der Waals surface area (Å²) in [7, 11) is 1.64. The summed E-state index contributed by atoms with van der Waals surface area (Å²) in [4.78, 5) is 20.3. The lowest BCUT2D eigenvalue weighted by molar-refractivity contribution is -0.142. The average molecular weight is 855 g/mol. The Morgan fingerprint density at radius 1 is 0.933 bits per heavy atom. The maximum absolute atomic E-state index is 13.4. The number of methoxy groups -OCH3 is 1. The van der Waals surface area contributed by atoms with Gasteiger partial charge in [0.1, 0.15) is 11.4 Å². The molecule has 7 rings (SSSR count). The zero-order valence-corrected chi connectivity index (χ0v) is 34.8. The maximum atomic E-state index is 13.4. The van der Waals surface area contributed by atoms with Gasteiger partial charge in [0, 0.05) is 59.0 Å². The fourth-order valence-corrected chi connectivity index (χ4v) is 8.50. The number of benzene rings is 4. The molecule has 2 N–H and O–H groups in total. The quantitative estimate of drug-likeness (QED) is 0.0874. The van der Waals surface area contributed by atoms with Gasteiger partial charge in [-0.25, -0.2) is 4.98 Å². The molecule has 5 aromatic rings. The average Bonchev–Trinajstić information content (AvgIpc) is 3.60. The van der Waals surface area contributed by atoms with Crippen molar-refractivity contribution in [2.75, 3.05) is 36.3 Å². The molecule has 2 aliphatic heterocycles. The van der Waals surface area contributed by atoms with E-state index in [0.29, 0.717) is 37.5 Å². The number of aliphatic hydroxyl groups excluding tert-OH is 1. The maximum Gasteiger partial charge on any atom is 0.433 e. The first-order chi connectivity index (χ1) is 28.4. The minimum Gasteiger partial charge on any atom is -0.497 e. The molecule has 4 aromatic carbocycles. The Balaban J connectivity index is 0.000000202. The summed E-state index contributed by atoms with van der Waals surface area (Å²) in [6.45, 7) is 9.31. The van der Waals surface area contributed by atoms with Crippen LogP contribution in [-0.4, -0.2) is 65.1 Å². The van der Waals surface area contributed by atoms with E-state index < -0.39 is 41.3 Å². The summed E-state index contributed by atoms with van der Waals surface area (Å²) in [5.41, 5.74) is 0.422. The number of rotatable bonds is 9. The summed E-state index contributed by atoms with van der Waals surface area (Å²) in [6, 6.07) is 21.7. The third-order valence-electron chi connectivity index (χ3n) is 11.0. The van der Waals surface area contributed by atoms with Crippen LogP contribution in [0.15, 0.2) is 84.9 Å². The van der Waals surface area contributed by atoms with Gasteiger partial charge >= 0.3 is 12.4 Å². The van der Waals surface area contributed by atoms with Crippen LogP contribution < -0.4 is 15.0 Å². The van der Waals surface area contributed by atoms with Crippen molar-refractivity contribution in [3.8, 4) is 5.75 Å². The zero-order valence-electron chi connectivity index (χ0n) is 34.0. The van der Waals surface area contributed by atoms with Crippen LogP contribution in [-0.2, 0) is 17.1 Å². The standard InChI is InChI=1S/C26H27ClN2O2.C20H22F6N2O/c1-17(2)28-23-14-24-26(22-7-5-4-6-21(22)23)19(15-27)16-29(24)25(30)13-10-18-8-11-20(31-3)12-9-18;1-11(2)28-9-4-3-8-15(28)18(29)13-10-16(20(24,25)26)27-17-12(13)6-5-7-14(17)19(21,22)23/h4-14,17,19,28H,15-16H2,1-3H3;5-7,10-11,15,18,29H,3-4,8-9H2,1-2H3/b13-10+;/t;15?,18-/m.0/s1. The highest BCUT2D eigenvalue weighted by molar-refractivity contribution is 6.19. The van der Waals surface area contributed by atoms with Gasteiger partial charge in [-0.15, -0.1) is 11.6 Å². The van der Waals surface area contributed by atoms with Crippen molar-refractivity contribution in [1.29, 1.82) is 0 Å². The number of carbonyl (C=O) groups excluding carboxylic acids is 1. The van der Waals surface area contributed by atoms with Crippen molar-refractivity contribution in [3.05, 3.63) is 113 Å². The number of hydrogen-bond donors (Lipinski definition) is 2. The van der Waals surface area contributed by atoms with E-state index in [2.05, 4.69) is 42.3 Å². The number of para-hydroxylation sites is 1. The summed E-state index contributed by atoms with van der Waals surface area (Å²) in [5.74, 6) is 1.32. The largest absolute Gasteiger partial charge is 0.497 e. The third kappa shape index (κ3) is 9.69. The number of nitrogens with one attached hydrogen (secondary N) is 1. The zero-order chi connectivity index (χ0) is 43.5. The number of fused-ring (bicyclic) bond motifs is 4. The number of hydrogen-bond acceptors (Lipinski definition) is 6. The van der Waals surface area contributed by atoms with Gasteiger partial charge in [-0.05, 0) is 106 Å².